The molecule has 0 saturated heterocycles. The molecule has 2 aromatic rings. The highest BCUT2D eigenvalue weighted by Crippen LogP contribution is 2.14. The van der Waals surface area contributed by atoms with Crippen LogP contribution in [0, 0.1) is 12.7 Å². The van der Waals surface area contributed by atoms with Crippen molar-refractivity contribution in [2.75, 3.05) is 11.1 Å². The van der Waals surface area contributed by atoms with Crippen molar-refractivity contribution in [3.8, 4) is 0 Å². The third-order valence-electron chi connectivity index (χ3n) is 2.64. The SMILES string of the molecule is Cc1cc(N)cnc1NC(=O)Cc1ccc(F)cc1. The average molecular weight is 259 g/mol. The quantitative estimate of drug-likeness (QED) is 0.888. The van der Waals surface area contributed by atoms with E-state index in [2.05, 4.69) is 10.3 Å². The zero-order valence-electron chi connectivity index (χ0n) is 10.5. The zero-order valence-corrected chi connectivity index (χ0v) is 10.5. The molecule has 1 aromatic heterocycles. The van der Waals surface area contributed by atoms with Gasteiger partial charge in [0.15, 0.2) is 0 Å². The summed E-state index contributed by atoms with van der Waals surface area (Å²) in [7, 11) is 0. The molecule has 0 radical (unpaired) electrons. The molecule has 0 aliphatic rings. The van der Waals surface area contributed by atoms with E-state index in [1.54, 1.807) is 18.2 Å². The van der Waals surface area contributed by atoms with E-state index < -0.39 is 0 Å². The summed E-state index contributed by atoms with van der Waals surface area (Å²) < 4.78 is 12.7. The summed E-state index contributed by atoms with van der Waals surface area (Å²) in [4.78, 5) is 15.9. The van der Waals surface area contributed by atoms with Gasteiger partial charge in [-0.3, -0.25) is 4.79 Å². The third-order valence-corrected chi connectivity index (χ3v) is 2.64. The van der Waals surface area contributed by atoms with Gasteiger partial charge in [0, 0.05) is 0 Å². The summed E-state index contributed by atoms with van der Waals surface area (Å²) in [6, 6.07) is 7.56. The second-order valence-corrected chi connectivity index (χ2v) is 4.29. The first-order valence-electron chi connectivity index (χ1n) is 5.81. The molecule has 19 heavy (non-hydrogen) atoms. The predicted molar refractivity (Wildman–Crippen MR) is 72.1 cm³/mol. The second-order valence-electron chi connectivity index (χ2n) is 4.29. The number of halogens is 1. The number of anilines is 2. The van der Waals surface area contributed by atoms with Gasteiger partial charge in [0.2, 0.25) is 5.91 Å². The van der Waals surface area contributed by atoms with Crippen molar-refractivity contribution >= 4 is 17.4 Å². The van der Waals surface area contributed by atoms with Crippen LogP contribution in [0.5, 0.6) is 0 Å². The van der Waals surface area contributed by atoms with E-state index in [0.29, 0.717) is 11.5 Å². The predicted octanol–water partition coefficient (Wildman–Crippen LogP) is 2.29. The van der Waals surface area contributed by atoms with Gasteiger partial charge < -0.3 is 11.1 Å². The minimum atomic E-state index is -0.319. The number of rotatable bonds is 3. The lowest BCUT2D eigenvalue weighted by Gasteiger charge is -2.08. The van der Waals surface area contributed by atoms with E-state index in [1.807, 2.05) is 6.92 Å². The number of hydrogen-bond donors (Lipinski definition) is 2. The first kappa shape index (κ1) is 13.0. The lowest BCUT2D eigenvalue weighted by atomic mass is 10.1. The van der Waals surface area contributed by atoms with Gasteiger partial charge >= 0.3 is 0 Å². The Bertz CT molecular complexity index is 596. The van der Waals surface area contributed by atoms with Crippen molar-refractivity contribution in [1.29, 1.82) is 0 Å². The van der Waals surface area contributed by atoms with Crippen molar-refractivity contribution in [2.45, 2.75) is 13.3 Å². The first-order chi connectivity index (χ1) is 9.04. The highest BCUT2D eigenvalue weighted by Gasteiger charge is 2.07. The Labute approximate surface area is 110 Å². The standard InChI is InChI=1S/C14H14FN3O/c1-9-6-12(16)8-17-14(9)18-13(19)7-10-2-4-11(15)5-3-10/h2-6,8H,7,16H2,1H3,(H,17,18,19). The molecule has 0 spiro atoms. The molecular weight excluding hydrogens is 245 g/mol. The molecule has 4 nitrogen and oxygen atoms in total. The van der Waals surface area contributed by atoms with Gasteiger partial charge in [-0.15, -0.1) is 0 Å². The van der Waals surface area contributed by atoms with Crippen LogP contribution in [-0.2, 0) is 11.2 Å². The molecular formula is C14H14FN3O. The highest BCUT2D eigenvalue weighted by molar-refractivity contribution is 5.92. The Hall–Kier alpha value is -2.43. The van der Waals surface area contributed by atoms with E-state index >= 15 is 0 Å². The number of benzene rings is 1. The summed E-state index contributed by atoms with van der Waals surface area (Å²) in [5.74, 6) is -0.0338. The third kappa shape index (κ3) is 3.51. The molecule has 3 N–H and O–H groups in total. The Morgan fingerprint density at radius 1 is 1.37 bits per heavy atom. The maximum atomic E-state index is 12.7. The molecule has 0 fully saturated rings. The van der Waals surface area contributed by atoms with Crippen molar-refractivity contribution in [2.24, 2.45) is 0 Å². The first-order valence-corrected chi connectivity index (χ1v) is 5.81. The lowest BCUT2D eigenvalue weighted by Crippen LogP contribution is -2.16. The number of nitrogens with one attached hydrogen (secondary N) is 1. The van der Waals surface area contributed by atoms with Crippen LogP contribution in [0.1, 0.15) is 11.1 Å². The van der Waals surface area contributed by atoms with Crippen LogP contribution >= 0.6 is 0 Å². The molecule has 98 valence electrons. The molecule has 1 heterocycles. The molecule has 0 unspecified atom stereocenters. The van der Waals surface area contributed by atoms with Crippen LogP contribution in [-0.4, -0.2) is 10.9 Å². The normalized spacial score (nSPS) is 10.2. The summed E-state index contributed by atoms with van der Waals surface area (Å²) in [5.41, 5.74) is 7.68. The number of aryl methyl sites for hydroxylation is 1. The van der Waals surface area contributed by atoms with E-state index in [9.17, 15) is 9.18 Å². The smallest absolute Gasteiger partial charge is 0.229 e. The number of nitrogen functional groups attached to an aromatic ring is 1. The number of amides is 1. The summed E-state index contributed by atoms with van der Waals surface area (Å²) in [5, 5.41) is 2.70. The molecule has 0 atom stereocenters. The fraction of sp³-hybridized carbons (Fsp3) is 0.143. The minimum absolute atomic E-state index is 0.172. The van der Waals surface area contributed by atoms with Crippen molar-refractivity contribution in [1.82, 2.24) is 4.98 Å². The summed E-state index contributed by atoms with van der Waals surface area (Å²) >= 11 is 0. The molecule has 0 aliphatic heterocycles. The molecule has 0 bridgehead atoms. The fourth-order valence-corrected chi connectivity index (χ4v) is 1.69. The Balaban J connectivity index is 2.03. The van der Waals surface area contributed by atoms with Crippen molar-refractivity contribution in [3.63, 3.8) is 0 Å². The largest absolute Gasteiger partial charge is 0.397 e. The average Bonchev–Trinajstić information content (AvgIpc) is 2.36. The number of pyridine rings is 1. The Morgan fingerprint density at radius 3 is 2.68 bits per heavy atom. The molecule has 2 rings (SSSR count). The van der Waals surface area contributed by atoms with Gasteiger partial charge in [-0.2, -0.15) is 0 Å². The number of aromatic nitrogens is 1. The molecule has 5 heteroatoms. The van der Waals surface area contributed by atoms with Gasteiger partial charge in [-0.25, -0.2) is 9.37 Å². The molecule has 0 saturated carbocycles. The van der Waals surface area contributed by atoms with E-state index in [1.165, 1.54) is 18.3 Å². The topological polar surface area (TPSA) is 68.0 Å². The van der Waals surface area contributed by atoms with Crippen molar-refractivity contribution < 1.29 is 9.18 Å². The maximum absolute atomic E-state index is 12.7. The lowest BCUT2D eigenvalue weighted by molar-refractivity contribution is -0.115. The van der Waals surface area contributed by atoms with Gasteiger partial charge in [-0.1, -0.05) is 12.1 Å². The summed E-state index contributed by atoms with van der Waals surface area (Å²) in [6.45, 7) is 1.82. The maximum Gasteiger partial charge on any atom is 0.229 e. The van der Waals surface area contributed by atoms with E-state index in [-0.39, 0.29) is 18.1 Å². The van der Waals surface area contributed by atoms with E-state index in [0.717, 1.165) is 11.1 Å². The zero-order chi connectivity index (χ0) is 13.8. The number of nitrogens with zero attached hydrogens (tertiary/aromatic N) is 1. The number of nitrogens with two attached hydrogens (primary N) is 1. The fourth-order valence-electron chi connectivity index (χ4n) is 1.69. The van der Waals surface area contributed by atoms with Crippen molar-refractivity contribution in [3.05, 3.63) is 53.5 Å². The van der Waals surface area contributed by atoms with Gasteiger partial charge in [0.25, 0.3) is 0 Å². The molecule has 0 aliphatic carbocycles. The van der Waals surface area contributed by atoms with Crippen LogP contribution < -0.4 is 11.1 Å². The van der Waals surface area contributed by atoms with Crippen LogP contribution in [0.4, 0.5) is 15.9 Å². The van der Waals surface area contributed by atoms with Crippen LogP contribution in [0.3, 0.4) is 0 Å². The Morgan fingerprint density at radius 2 is 2.05 bits per heavy atom. The van der Waals surface area contributed by atoms with E-state index in [4.69, 9.17) is 5.73 Å². The van der Waals surface area contributed by atoms with Crippen LogP contribution in [0.2, 0.25) is 0 Å². The van der Waals surface area contributed by atoms with Crippen LogP contribution in [0.15, 0.2) is 36.5 Å². The van der Waals surface area contributed by atoms with Gasteiger partial charge in [0.05, 0.1) is 18.3 Å². The Kier molecular flexibility index (Phi) is 3.75. The molecule has 1 amide bonds. The number of carbonyl (C=O) groups is 1. The molecule has 1 aromatic carbocycles. The number of carbonyl (C=O) groups excluding carboxylic acids is 1. The monoisotopic (exact) mass is 259 g/mol. The van der Waals surface area contributed by atoms with Crippen LogP contribution in [0.25, 0.3) is 0 Å². The van der Waals surface area contributed by atoms with Gasteiger partial charge in [0.1, 0.15) is 11.6 Å². The summed E-state index contributed by atoms with van der Waals surface area (Å²) in [6.07, 6.45) is 1.66. The minimum Gasteiger partial charge on any atom is -0.397 e. The van der Waals surface area contributed by atoms with Gasteiger partial charge in [-0.05, 0) is 36.2 Å². The highest BCUT2D eigenvalue weighted by atomic mass is 19.1. The second kappa shape index (κ2) is 5.48. The number of hydrogen-bond acceptors (Lipinski definition) is 3.